The summed E-state index contributed by atoms with van der Waals surface area (Å²) in [4.78, 5) is 0. The van der Waals surface area contributed by atoms with Gasteiger partial charge in [0.25, 0.3) is 0 Å². The predicted octanol–water partition coefficient (Wildman–Crippen LogP) is 4.93. The molecule has 0 saturated heterocycles. The molecule has 2 N–H and O–H groups in total. The van der Waals surface area contributed by atoms with E-state index in [9.17, 15) is 0 Å². The van der Waals surface area contributed by atoms with Crippen molar-refractivity contribution in [3.8, 4) is 0 Å². The van der Waals surface area contributed by atoms with E-state index >= 15 is 0 Å². The van der Waals surface area contributed by atoms with Crippen LogP contribution in [0.4, 0.5) is 0 Å². The van der Waals surface area contributed by atoms with Crippen molar-refractivity contribution < 1.29 is 0 Å². The summed E-state index contributed by atoms with van der Waals surface area (Å²) in [5, 5.41) is 0.766. The first-order chi connectivity index (χ1) is 8.61. The van der Waals surface area contributed by atoms with Crippen LogP contribution >= 0.6 is 27.5 Å². The van der Waals surface area contributed by atoms with Crippen LogP contribution in [0.25, 0.3) is 0 Å². The molecule has 18 heavy (non-hydrogen) atoms. The Kier molecular flexibility index (Phi) is 3.70. The van der Waals surface area contributed by atoms with Crippen LogP contribution in [0.3, 0.4) is 0 Å². The van der Waals surface area contributed by atoms with Crippen LogP contribution in [-0.4, -0.2) is 0 Å². The van der Waals surface area contributed by atoms with Crippen LogP contribution in [-0.2, 0) is 0 Å². The third-order valence-electron chi connectivity index (χ3n) is 4.75. The molecule has 3 heteroatoms. The van der Waals surface area contributed by atoms with Gasteiger partial charge in [-0.3, -0.25) is 0 Å². The van der Waals surface area contributed by atoms with Crippen LogP contribution in [0.5, 0.6) is 0 Å². The van der Waals surface area contributed by atoms with Crippen molar-refractivity contribution in [1.82, 2.24) is 0 Å². The molecule has 0 aliphatic heterocycles. The quantitative estimate of drug-likeness (QED) is 0.836. The molecule has 2 aliphatic rings. The normalized spacial score (nSPS) is 31.8. The average Bonchev–Trinajstić information content (AvgIpc) is 2.89. The highest BCUT2D eigenvalue weighted by atomic mass is 79.9. The van der Waals surface area contributed by atoms with Crippen molar-refractivity contribution in [3.05, 3.63) is 33.3 Å². The molecule has 0 aromatic heterocycles. The molecular formula is C15H19BrClN. The zero-order valence-electron chi connectivity index (χ0n) is 10.4. The van der Waals surface area contributed by atoms with E-state index in [-0.39, 0.29) is 6.04 Å². The van der Waals surface area contributed by atoms with Crippen molar-refractivity contribution in [2.45, 2.75) is 38.1 Å². The predicted molar refractivity (Wildman–Crippen MR) is 79.6 cm³/mol. The molecule has 4 unspecified atom stereocenters. The SMILES string of the molecule is NC(CC1CC2CCC1C2)c1cc(Cl)cc(Br)c1. The fourth-order valence-corrected chi connectivity index (χ4v) is 4.80. The lowest BCUT2D eigenvalue weighted by atomic mass is 9.83. The number of hydrogen-bond donors (Lipinski definition) is 1. The number of benzene rings is 1. The highest BCUT2D eigenvalue weighted by molar-refractivity contribution is 9.10. The standard InChI is InChI=1S/C15H19BrClN/c16-13-5-12(6-14(17)8-13)15(18)7-11-4-9-1-2-10(11)3-9/h5-6,8-11,15H,1-4,7,18H2. The van der Waals surface area contributed by atoms with Gasteiger partial charge in [0.05, 0.1) is 0 Å². The minimum absolute atomic E-state index is 0.129. The highest BCUT2D eigenvalue weighted by Gasteiger charge is 2.39. The van der Waals surface area contributed by atoms with Gasteiger partial charge in [-0.1, -0.05) is 34.0 Å². The Morgan fingerprint density at radius 1 is 1.28 bits per heavy atom. The van der Waals surface area contributed by atoms with E-state index in [0.29, 0.717) is 0 Å². The Morgan fingerprint density at radius 2 is 2.11 bits per heavy atom. The monoisotopic (exact) mass is 327 g/mol. The van der Waals surface area contributed by atoms with Crippen LogP contribution < -0.4 is 5.73 Å². The Balaban J connectivity index is 1.69. The van der Waals surface area contributed by atoms with E-state index in [1.54, 1.807) is 0 Å². The van der Waals surface area contributed by atoms with Gasteiger partial charge in [-0.15, -0.1) is 0 Å². The van der Waals surface area contributed by atoms with Gasteiger partial charge in [-0.2, -0.15) is 0 Å². The number of fused-ring (bicyclic) bond motifs is 2. The lowest BCUT2D eigenvalue weighted by Gasteiger charge is -2.25. The van der Waals surface area contributed by atoms with Gasteiger partial charge in [0.1, 0.15) is 0 Å². The van der Waals surface area contributed by atoms with E-state index in [2.05, 4.69) is 22.0 Å². The summed E-state index contributed by atoms with van der Waals surface area (Å²) < 4.78 is 1.02. The summed E-state index contributed by atoms with van der Waals surface area (Å²) in [5.41, 5.74) is 7.53. The first kappa shape index (κ1) is 13.0. The summed E-state index contributed by atoms with van der Waals surface area (Å²) in [6.45, 7) is 0. The fraction of sp³-hybridized carbons (Fsp3) is 0.600. The maximum atomic E-state index is 6.36. The number of halogens is 2. The van der Waals surface area contributed by atoms with Crippen molar-refractivity contribution in [1.29, 1.82) is 0 Å². The van der Waals surface area contributed by atoms with E-state index in [1.165, 1.54) is 25.7 Å². The summed E-state index contributed by atoms with van der Waals surface area (Å²) in [5.74, 6) is 2.79. The zero-order valence-corrected chi connectivity index (χ0v) is 12.8. The molecule has 2 bridgehead atoms. The number of nitrogens with two attached hydrogens (primary N) is 1. The van der Waals surface area contributed by atoms with Gasteiger partial charge in [0.15, 0.2) is 0 Å². The minimum atomic E-state index is 0.129. The first-order valence-electron chi connectivity index (χ1n) is 6.83. The largest absolute Gasteiger partial charge is 0.324 e. The van der Waals surface area contributed by atoms with Crippen molar-refractivity contribution >= 4 is 27.5 Å². The molecule has 2 aliphatic carbocycles. The Bertz CT molecular complexity index is 428. The second kappa shape index (κ2) is 5.15. The molecule has 0 spiro atoms. The Morgan fingerprint density at radius 3 is 2.72 bits per heavy atom. The van der Waals surface area contributed by atoms with Gasteiger partial charge in [0.2, 0.25) is 0 Å². The fourth-order valence-electron chi connectivity index (χ4n) is 3.92. The lowest BCUT2D eigenvalue weighted by molar-refractivity contribution is 0.296. The summed E-state index contributed by atoms with van der Waals surface area (Å²) in [6, 6.07) is 6.15. The number of hydrogen-bond acceptors (Lipinski definition) is 1. The van der Waals surface area contributed by atoms with Crippen LogP contribution in [0, 0.1) is 17.8 Å². The average molecular weight is 329 g/mol. The lowest BCUT2D eigenvalue weighted by Crippen LogP contribution is -2.19. The van der Waals surface area contributed by atoms with Gasteiger partial charge < -0.3 is 5.73 Å². The second-order valence-corrected chi connectivity index (χ2v) is 7.33. The van der Waals surface area contributed by atoms with Crippen LogP contribution in [0.1, 0.15) is 43.7 Å². The summed E-state index contributed by atoms with van der Waals surface area (Å²) >= 11 is 9.57. The maximum absolute atomic E-state index is 6.36. The van der Waals surface area contributed by atoms with Crippen molar-refractivity contribution in [2.75, 3.05) is 0 Å². The maximum Gasteiger partial charge on any atom is 0.0420 e. The molecule has 2 fully saturated rings. The smallest absolute Gasteiger partial charge is 0.0420 e. The van der Waals surface area contributed by atoms with Gasteiger partial charge in [0, 0.05) is 15.5 Å². The van der Waals surface area contributed by atoms with Crippen LogP contribution in [0.15, 0.2) is 22.7 Å². The van der Waals surface area contributed by atoms with E-state index in [1.807, 2.05) is 12.1 Å². The van der Waals surface area contributed by atoms with Gasteiger partial charge in [-0.05, 0) is 67.2 Å². The Hall–Kier alpha value is -0.0500. The zero-order chi connectivity index (χ0) is 12.7. The molecule has 1 aromatic rings. The Labute approximate surface area is 122 Å². The third-order valence-corrected chi connectivity index (χ3v) is 5.43. The molecule has 1 aromatic carbocycles. The third kappa shape index (κ3) is 2.61. The minimum Gasteiger partial charge on any atom is -0.324 e. The molecule has 0 amide bonds. The van der Waals surface area contributed by atoms with Crippen molar-refractivity contribution in [2.24, 2.45) is 23.5 Å². The van der Waals surface area contributed by atoms with Crippen molar-refractivity contribution in [3.63, 3.8) is 0 Å². The van der Waals surface area contributed by atoms with E-state index in [0.717, 1.165) is 39.2 Å². The number of rotatable bonds is 3. The van der Waals surface area contributed by atoms with E-state index in [4.69, 9.17) is 17.3 Å². The van der Waals surface area contributed by atoms with E-state index < -0.39 is 0 Å². The summed E-state index contributed by atoms with van der Waals surface area (Å²) in [6.07, 6.45) is 6.87. The first-order valence-corrected chi connectivity index (χ1v) is 8.00. The summed E-state index contributed by atoms with van der Waals surface area (Å²) in [7, 11) is 0. The molecule has 4 atom stereocenters. The van der Waals surface area contributed by atoms with Crippen LogP contribution in [0.2, 0.25) is 5.02 Å². The molecular weight excluding hydrogens is 310 g/mol. The molecule has 98 valence electrons. The van der Waals surface area contributed by atoms with Gasteiger partial charge >= 0.3 is 0 Å². The molecule has 3 rings (SSSR count). The molecule has 1 nitrogen and oxygen atoms in total. The second-order valence-electron chi connectivity index (χ2n) is 5.98. The topological polar surface area (TPSA) is 26.0 Å². The highest BCUT2D eigenvalue weighted by Crippen LogP contribution is 2.50. The molecule has 0 heterocycles. The molecule has 0 radical (unpaired) electrons. The van der Waals surface area contributed by atoms with Gasteiger partial charge in [-0.25, -0.2) is 0 Å². The molecule has 2 saturated carbocycles.